The first-order chi connectivity index (χ1) is 9.40. The van der Waals surface area contributed by atoms with Gasteiger partial charge in [0.2, 0.25) is 0 Å². The smallest absolute Gasteiger partial charge is 0.348 e. The summed E-state index contributed by atoms with van der Waals surface area (Å²) in [6, 6.07) is 2.72. The monoisotopic (exact) mass is 317 g/mol. The van der Waals surface area contributed by atoms with Gasteiger partial charge < -0.3 is 10.4 Å². The first-order valence-electron chi connectivity index (χ1n) is 5.17. The summed E-state index contributed by atoms with van der Waals surface area (Å²) in [4.78, 5) is 22.7. The lowest BCUT2D eigenvalue weighted by atomic mass is 10.2. The van der Waals surface area contributed by atoms with Crippen molar-refractivity contribution in [3.63, 3.8) is 0 Å². The van der Waals surface area contributed by atoms with E-state index in [-0.39, 0.29) is 21.2 Å². The maximum atomic E-state index is 13.1. The van der Waals surface area contributed by atoms with E-state index in [0.717, 1.165) is 11.3 Å². The van der Waals surface area contributed by atoms with E-state index >= 15 is 0 Å². The van der Waals surface area contributed by atoms with Crippen LogP contribution in [0.5, 0.6) is 0 Å². The first-order valence-corrected chi connectivity index (χ1v) is 6.42. The number of halogens is 3. The largest absolute Gasteiger partial charge is 0.477 e. The number of benzene rings is 1. The van der Waals surface area contributed by atoms with Gasteiger partial charge in [0.1, 0.15) is 4.88 Å². The Morgan fingerprint density at radius 3 is 2.55 bits per heavy atom. The van der Waals surface area contributed by atoms with E-state index in [1.165, 1.54) is 11.4 Å². The van der Waals surface area contributed by atoms with Gasteiger partial charge in [-0.05, 0) is 23.6 Å². The van der Waals surface area contributed by atoms with Gasteiger partial charge in [-0.3, -0.25) is 4.79 Å². The highest BCUT2D eigenvalue weighted by molar-refractivity contribution is 7.12. The van der Waals surface area contributed by atoms with Crippen molar-refractivity contribution in [1.29, 1.82) is 0 Å². The zero-order chi connectivity index (χ0) is 14.9. The Hall–Kier alpha value is -1.99. The van der Waals surface area contributed by atoms with Crippen molar-refractivity contribution >= 4 is 40.5 Å². The summed E-state index contributed by atoms with van der Waals surface area (Å²) in [5.74, 6) is -4.42. The second-order valence-electron chi connectivity index (χ2n) is 3.67. The van der Waals surface area contributed by atoms with Gasteiger partial charge >= 0.3 is 5.97 Å². The molecule has 1 amide bonds. The molecule has 0 saturated heterocycles. The van der Waals surface area contributed by atoms with Crippen LogP contribution in [0.3, 0.4) is 0 Å². The zero-order valence-corrected chi connectivity index (χ0v) is 11.2. The SMILES string of the molecule is O=C(Nc1ccsc1C(=O)O)c1cc(F)c(F)cc1Cl. The van der Waals surface area contributed by atoms with Crippen molar-refractivity contribution in [1.82, 2.24) is 0 Å². The highest BCUT2D eigenvalue weighted by atomic mass is 35.5. The summed E-state index contributed by atoms with van der Waals surface area (Å²) in [6.07, 6.45) is 0. The van der Waals surface area contributed by atoms with Crippen LogP contribution in [0.15, 0.2) is 23.6 Å². The molecule has 20 heavy (non-hydrogen) atoms. The third-order valence-corrected chi connectivity index (χ3v) is 3.58. The maximum absolute atomic E-state index is 13.1. The molecule has 0 bridgehead atoms. The lowest BCUT2D eigenvalue weighted by molar-refractivity contribution is 0.0703. The number of aromatic carboxylic acids is 1. The Labute approximate surface area is 120 Å². The van der Waals surface area contributed by atoms with E-state index in [9.17, 15) is 18.4 Å². The van der Waals surface area contributed by atoms with Crippen molar-refractivity contribution in [3.05, 3.63) is 50.7 Å². The quantitative estimate of drug-likeness (QED) is 0.849. The van der Waals surface area contributed by atoms with Gasteiger partial charge in [-0.1, -0.05) is 11.6 Å². The summed E-state index contributed by atoms with van der Waals surface area (Å²) in [5, 5.41) is 12.4. The van der Waals surface area contributed by atoms with Crippen LogP contribution in [-0.4, -0.2) is 17.0 Å². The van der Waals surface area contributed by atoms with Crippen LogP contribution in [-0.2, 0) is 0 Å². The number of nitrogens with one attached hydrogen (secondary N) is 1. The number of carboxylic acid groups (broad SMARTS) is 1. The highest BCUT2D eigenvalue weighted by Gasteiger charge is 2.18. The van der Waals surface area contributed by atoms with Crippen molar-refractivity contribution < 1.29 is 23.5 Å². The molecule has 0 unspecified atom stereocenters. The summed E-state index contributed by atoms with van der Waals surface area (Å²) in [5.41, 5.74) is -0.221. The molecule has 0 aliphatic heterocycles. The van der Waals surface area contributed by atoms with E-state index in [0.29, 0.717) is 12.1 Å². The van der Waals surface area contributed by atoms with Crippen LogP contribution in [0.25, 0.3) is 0 Å². The second-order valence-corrected chi connectivity index (χ2v) is 4.99. The van der Waals surface area contributed by atoms with E-state index in [1.807, 2.05) is 0 Å². The molecule has 2 rings (SSSR count). The number of thiophene rings is 1. The molecule has 4 nitrogen and oxygen atoms in total. The molecule has 0 aliphatic carbocycles. The fourth-order valence-corrected chi connectivity index (χ4v) is 2.38. The van der Waals surface area contributed by atoms with Crippen LogP contribution in [0.2, 0.25) is 5.02 Å². The number of hydrogen-bond acceptors (Lipinski definition) is 3. The normalized spacial score (nSPS) is 10.3. The minimum atomic E-state index is -1.22. The molecule has 0 atom stereocenters. The minimum Gasteiger partial charge on any atom is -0.477 e. The fraction of sp³-hybridized carbons (Fsp3) is 0. The Morgan fingerprint density at radius 1 is 1.25 bits per heavy atom. The van der Waals surface area contributed by atoms with Gasteiger partial charge in [-0.15, -0.1) is 11.3 Å². The molecule has 104 valence electrons. The number of carbonyl (C=O) groups is 2. The van der Waals surface area contributed by atoms with E-state index < -0.39 is 23.5 Å². The van der Waals surface area contributed by atoms with E-state index in [1.54, 1.807) is 0 Å². The van der Waals surface area contributed by atoms with Gasteiger partial charge in [0.25, 0.3) is 5.91 Å². The summed E-state index contributed by atoms with van der Waals surface area (Å²) in [7, 11) is 0. The molecule has 0 aliphatic rings. The molecular formula is C12H6ClF2NO3S. The molecule has 2 aromatic rings. The molecule has 8 heteroatoms. The zero-order valence-electron chi connectivity index (χ0n) is 9.62. The molecule has 0 saturated carbocycles. The van der Waals surface area contributed by atoms with Crippen molar-refractivity contribution in [2.24, 2.45) is 0 Å². The van der Waals surface area contributed by atoms with Gasteiger partial charge in [-0.25, -0.2) is 13.6 Å². The average Bonchev–Trinajstić information content (AvgIpc) is 2.81. The van der Waals surface area contributed by atoms with E-state index in [2.05, 4.69) is 5.32 Å². The van der Waals surface area contributed by atoms with Crippen LogP contribution in [0, 0.1) is 11.6 Å². The summed E-state index contributed by atoms with van der Waals surface area (Å²) >= 11 is 6.58. The summed E-state index contributed by atoms with van der Waals surface area (Å²) in [6.45, 7) is 0. The third-order valence-electron chi connectivity index (χ3n) is 2.36. The molecule has 1 aromatic heterocycles. The van der Waals surface area contributed by atoms with Gasteiger partial charge in [0.05, 0.1) is 16.3 Å². The maximum Gasteiger partial charge on any atom is 0.348 e. The Morgan fingerprint density at radius 2 is 1.90 bits per heavy atom. The second kappa shape index (κ2) is 5.56. The lowest BCUT2D eigenvalue weighted by Gasteiger charge is -2.07. The van der Waals surface area contributed by atoms with Crippen molar-refractivity contribution in [2.75, 3.05) is 5.32 Å². The van der Waals surface area contributed by atoms with E-state index in [4.69, 9.17) is 16.7 Å². The number of hydrogen-bond donors (Lipinski definition) is 2. The summed E-state index contributed by atoms with van der Waals surface area (Å²) < 4.78 is 26.0. The Bertz CT molecular complexity index is 702. The topological polar surface area (TPSA) is 66.4 Å². The molecule has 1 aromatic carbocycles. The molecule has 0 spiro atoms. The third kappa shape index (κ3) is 2.78. The fourth-order valence-electron chi connectivity index (χ4n) is 1.46. The number of carbonyl (C=O) groups excluding carboxylic acids is 1. The van der Waals surface area contributed by atoms with Crippen LogP contribution < -0.4 is 5.32 Å². The number of anilines is 1. The van der Waals surface area contributed by atoms with Gasteiger partial charge in [0, 0.05) is 0 Å². The number of amides is 1. The number of carboxylic acids is 1. The molecular weight excluding hydrogens is 312 g/mol. The molecule has 0 radical (unpaired) electrons. The highest BCUT2D eigenvalue weighted by Crippen LogP contribution is 2.25. The van der Waals surface area contributed by atoms with Crippen LogP contribution >= 0.6 is 22.9 Å². The number of rotatable bonds is 3. The minimum absolute atomic E-state index is 0.0632. The lowest BCUT2D eigenvalue weighted by Crippen LogP contribution is -2.14. The van der Waals surface area contributed by atoms with Gasteiger partial charge in [-0.2, -0.15) is 0 Å². The first kappa shape index (κ1) is 14.4. The predicted molar refractivity (Wildman–Crippen MR) is 70.6 cm³/mol. The average molecular weight is 318 g/mol. The molecule has 0 fully saturated rings. The standard InChI is InChI=1S/C12H6ClF2NO3S/c13-6-4-8(15)7(14)3-5(6)11(17)16-9-1-2-20-10(9)12(18)19/h1-4H,(H,16,17)(H,18,19). The predicted octanol–water partition coefficient (Wildman–Crippen LogP) is 3.63. The van der Waals surface area contributed by atoms with Crippen molar-refractivity contribution in [3.8, 4) is 0 Å². The van der Waals surface area contributed by atoms with Crippen LogP contribution in [0.1, 0.15) is 20.0 Å². The molecule has 1 heterocycles. The van der Waals surface area contributed by atoms with Gasteiger partial charge in [0.15, 0.2) is 11.6 Å². The van der Waals surface area contributed by atoms with Crippen molar-refractivity contribution in [2.45, 2.75) is 0 Å². The van der Waals surface area contributed by atoms with Crippen LogP contribution in [0.4, 0.5) is 14.5 Å². The molecule has 2 N–H and O–H groups in total. The Balaban J connectivity index is 2.31. The Kier molecular flexibility index (Phi) is 4.01.